The lowest BCUT2D eigenvalue weighted by atomic mass is 9.72. The third kappa shape index (κ3) is 2.21. The summed E-state index contributed by atoms with van der Waals surface area (Å²) in [6.07, 6.45) is 7.37. The zero-order valence-corrected chi connectivity index (χ0v) is 8.27. The van der Waals surface area contributed by atoms with Crippen LogP contribution in [0, 0.1) is 17.8 Å². The van der Waals surface area contributed by atoms with Crippen LogP contribution in [0.2, 0.25) is 0 Å². The molecule has 1 unspecified atom stereocenters. The molecule has 0 bridgehead atoms. The first-order valence-corrected chi connectivity index (χ1v) is 5.25. The van der Waals surface area contributed by atoms with E-state index in [0.29, 0.717) is 0 Å². The number of hydrogen-bond acceptors (Lipinski definition) is 0. The van der Waals surface area contributed by atoms with Gasteiger partial charge in [-0.05, 0) is 24.2 Å². The Morgan fingerprint density at radius 3 is 2.27 bits per heavy atom. The summed E-state index contributed by atoms with van der Waals surface area (Å²) < 4.78 is 0. The molecule has 1 aliphatic carbocycles. The van der Waals surface area contributed by atoms with Gasteiger partial charge >= 0.3 is 0 Å². The van der Waals surface area contributed by atoms with Crippen molar-refractivity contribution in [1.29, 1.82) is 0 Å². The first-order valence-electron chi connectivity index (χ1n) is 5.25. The molecule has 2 atom stereocenters. The quantitative estimate of drug-likeness (QED) is 0.566. The molecule has 1 rings (SSSR count). The SMILES string of the molecule is CCC1CCCC[C@H]1C(C)C. The van der Waals surface area contributed by atoms with E-state index >= 15 is 0 Å². The summed E-state index contributed by atoms with van der Waals surface area (Å²) >= 11 is 0. The summed E-state index contributed by atoms with van der Waals surface area (Å²) in [4.78, 5) is 0. The Morgan fingerprint density at radius 1 is 1.18 bits per heavy atom. The molecule has 0 amide bonds. The minimum absolute atomic E-state index is 0.917. The molecule has 0 spiro atoms. The van der Waals surface area contributed by atoms with Gasteiger partial charge in [-0.2, -0.15) is 0 Å². The summed E-state index contributed by atoms with van der Waals surface area (Å²) in [5, 5.41) is 0. The van der Waals surface area contributed by atoms with Gasteiger partial charge in [-0.1, -0.05) is 46.5 Å². The molecule has 0 nitrogen and oxygen atoms in total. The average Bonchev–Trinajstić information content (AvgIpc) is 2.04. The number of hydrogen-bond donors (Lipinski definition) is 0. The summed E-state index contributed by atoms with van der Waals surface area (Å²) in [6, 6.07) is 0. The van der Waals surface area contributed by atoms with E-state index in [1.165, 1.54) is 32.1 Å². The maximum atomic E-state index is 2.39. The fourth-order valence-electron chi connectivity index (χ4n) is 2.62. The van der Waals surface area contributed by atoms with E-state index in [4.69, 9.17) is 0 Å². The molecule has 0 heterocycles. The summed E-state index contributed by atoms with van der Waals surface area (Å²) in [5.74, 6) is 3.00. The van der Waals surface area contributed by atoms with E-state index in [-0.39, 0.29) is 0 Å². The highest BCUT2D eigenvalue weighted by Crippen LogP contribution is 2.36. The molecule has 0 aromatic rings. The third-order valence-corrected chi connectivity index (χ3v) is 3.35. The van der Waals surface area contributed by atoms with Crippen molar-refractivity contribution >= 4 is 0 Å². The van der Waals surface area contributed by atoms with E-state index < -0.39 is 0 Å². The van der Waals surface area contributed by atoms with Crippen LogP contribution in [0.3, 0.4) is 0 Å². The summed E-state index contributed by atoms with van der Waals surface area (Å²) in [6.45, 7) is 7.13. The molecular weight excluding hydrogens is 132 g/mol. The van der Waals surface area contributed by atoms with E-state index in [1.807, 2.05) is 0 Å². The highest BCUT2D eigenvalue weighted by molar-refractivity contribution is 4.76. The van der Waals surface area contributed by atoms with Crippen molar-refractivity contribution in [2.75, 3.05) is 0 Å². The lowest BCUT2D eigenvalue weighted by Gasteiger charge is -2.33. The minimum atomic E-state index is 0.917. The largest absolute Gasteiger partial charge is 0.0651 e. The van der Waals surface area contributed by atoms with Crippen LogP contribution < -0.4 is 0 Å². The molecule has 1 aliphatic rings. The van der Waals surface area contributed by atoms with Gasteiger partial charge in [-0.25, -0.2) is 0 Å². The van der Waals surface area contributed by atoms with Gasteiger partial charge in [0.2, 0.25) is 0 Å². The molecule has 0 aliphatic heterocycles. The van der Waals surface area contributed by atoms with Crippen LogP contribution in [-0.4, -0.2) is 0 Å². The smallest absolute Gasteiger partial charge is 0.0363 e. The van der Waals surface area contributed by atoms with E-state index in [2.05, 4.69) is 20.8 Å². The normalized spacial score (nSPS) is 32.7. The molecular formula is C11H22. The second kappa shape index (κ2) is 4.13. The van der Waals surface area contributed by atoms with Gasteiger partial charge in [-0.3, -0.25) is 0 Å². The van der Waals surface area contributed by atoms with Crippen molar-refractivity contribution in [2.45, 2.75) is 52.9 Å². The maximum absolute atomic E-state index is 2.39. The van der Waals surface area contributed by atoms with Gasteiger partial charge in [0.15, 0.2) is 0 Å². The molecule has 66 valence electrons. The second-order valence-electron chi connectivity index (χ2n) is 4.36. The first kappa shape index (κ1) is 9.09. The van der Waals surface area contributed by atoms with Crippen LogP contribution in [0.5, 0.6) is 0 Å². The van der Waals surface area contributed by atoms with Crippen LogP contribution in [0.25, 0.3) is 0 Å². The average molecular weight is 154 g/mol. The lowest BCUT2D eigenvalue weighted by Crippen LogP contribution is -2.23. The highest BCUT2D eigenvalue weighted by atomic mass is 14.3. The Bertz CT molecular complexity index is 105. The Kier molecular flexibility index (Phi) is 3.42. The first-order chi connectivity index (χ1) is 5.25. The van der Waals surface area contributed by atoms with Crippen LogP contribution in [0.15, 0.2) is 0 Å². The topological polar surface area (TPSA) is 0 Å². The molecule has 0 heteroatoms. The Labute approximate surface area is 71.4 Å². The van der Waals surface area contributed by atoms with Gasteiger partial charge in [0.05, 0.1) is 0 Å². The zero-order chi connectivity index (χ0) is 8.27. The fraction of sp³-hybridized carbons (Fsp3) is 1.00. The molecule has 1 fully saturated rings. The van der Waals surface area contributed by atoms with Gasteiger partial charge in [0.25, 0.3) is 0 Å². The zero-order valence-electron chi connectivity index (χ0n) is 8.27. The second-order valence-corrected chi connectivity index (χ2v) is 4.36. The highest BCUT2D eigenvalue weighted by Gasteiger charge is 2.25. The predicted molar refractivity (Wildman–Crippen MR) is 50.6 cm³/mol. The molecule has 11 heavy (non-hydrogen) atoms. The maximum Gasteiger partial charge on any atom is -0.0363 e. The Balaban J connectivity index is 2.44. The van der Waals surface area contributed by atoms with E-state index in [1.54, 1.807) is 0 Å². The molecule has 0 saturated heterocycles. The fourth-order valence-corrected chi connectivity index (χ4v) is 2.62. The monoisotopic (exact) mass is 154 g/mol. The van der Waals surface area contributed by atoms with Crippen LogP contribution in [0.1, 0.15) is 52.9 Å². The minimum Gasteiger partial charge on any atom is -0.0651 e. The van der Waals surface area contributed by atoms with Gasteiger partial charge < -0.3 is 0 Å². The molecule has 0 aromatic heterocycles. The van der Waals surface area contributed by atoms with Crippen molar-refractivity contribution in [3.05, 3.63) is 0 Å². The molecule has 0 aromatic carbocycles. The lowest BCUT2D eigenvalue weighted by molar-refractivity contribution is 0.175. The summed E-state index contributed by atoms with van der Waals surface area (Å²) in [5.41, 5.74) is 0. The van der Waals surface area contributed by atoms with Crippen molar-refractivity contribution in [3.8, 4) is 0 Å². The Hall–Kier alpha value is 0. The van der Waals surface area contributed by atoms with Crippen molar-refractivity contribution in [1.82, 2.24) is 0 Å². The molecule has 0 radical (unpaired) electrons. The van der Waals surface area contributed by atoms with Crippen LogP contribution in [0.4, 0.5) is 0 Å². The van der Waals surface area contributed by atoms with Gasteiger partial charge in [-0.15, -0.1) is 0 Å². The third-order valence-electron chi connectivity index (χ3n) is 3.35. The van der Waals surface area contributed by atoms with Crippen molar-refractivity contribution in [3.63, 3.8) is 0 Å². The standard InChI is InChI=1S/C11H22/c1-4-10-7-5-6-8-11(10)9(2)3/h9-11H,4-8H2,1-3H3/t10?,11-/m0/s1. The summed E-state index contributed by atoms with van der Waals surface area (Å²) in [7, 11) is 0. The van der Waals surface area contributed by atoms with E-state index in [9.17, 15) is 0 Å². The van der Waals surface area contributed by atoms with Crippen molar-refractivity contribution in [2.24, 2.45) is 17.8 Å². The van der Waals surface area contributed by atoms with Crippen LogP contribution >= 0.6 is 0 Å². The van der Waals surface area contributed by atoms with Gasteiger partial charge in [0.1, 0.15) is 0 Å². The molecule has 0 N–H and O–H groups in total. The van der Waals surface area contributed by atoms with Crippen LogP contribution in [-0.2, 0) is 0 Å². The molecule has 1 saturated carbocycles. The van der Waals surface area contributed by atoms with E-state index in [0.717, 1.165) is 17.8 Å². The van der Waals surface area contributed by atoms with Crippen molar-refractivity contribution < 1.29 is 0 Å². The predicted octanol–water partition coefficient (Wildman–Crippen LogP) is 3.86. The number of rotatable bonds is 2. The Morgan fingerprint density at radius 2 is 1.82 bits per heavy atom. The van der Waals surface area contributed by atoms with Gasteiger partial charge in [0, 0.05) is 0 Å².